The molecule has 0 atom stereocenters. The zero-order chi connectivity index (χ0) is 12.2. The molecule has 0 saturated heterocycles. The highest BCUT2D eigenvalue weighted by Gasteiger charge is 2.22. The molecule has 1 heterocycles. The van der Waals surface area contributed by atoms with E-state index in [-0.39, 0.29) is 11.4 Å². The van der Waals surface area contributed by atoms with E-state index >= 15 is 0 Å². The monoisotopic (exact) mass is 288 g/mol. The number of nitrogens with one attached hydrogen (secondary N) is 1. The predicted molar refractivity (Wildman–Crippen MR) is 66.2 cm³/mol. The molecule has 1 rings (SSSR count). The average Bonchev–Trinajstić information content (AvgIpc) is 2.72. The van der Waals surface area contributed by atoms with Gasteiger partial charge in [-0.1, -0.05) is 13.8 Å². The number of hydrogen-bond acceptors (Lipinski definition) is 3. The Bertz CT molecular complexity index is 359. The van der Waals surface area contributed by atoms with Crippen molar-refractivity contribution in [2.45, 2.75) is 32.2 Å². The molecule has 0 aliphatic rings. The van der Waals surface area contributed by atoms with E-state index in [1.165, 1.54) is 6.26 Å². The lowest BCUT2D eigenvalue weighted by Crippen LogP contribution is -2.49. The molecule has 0 aliphatic carbocycles. The molecule has 0 aliphatic heterocycles. The number of amides is 1. The fraction of sp³-hybridized carbons (Fsp3) is 0.545. The van der Waals surface area contributed by atoms with Gasteiger partial charge in [0.2, 0.25) is 0 Å². The van der Waals surface area contributed by atoms with Crippen LogP contribution in [0, 0.1) is 0 Å². The van der Waals surface area contributed by atoms with Crippen LogP contribution < -0.4 is 11.1 Å². The lowest BCUT2D eigenvalue weighted by atomic mass is 9.94. The third kappa shape index (κ3) is 3.09. The second-order valence-electron chi connectivity index (χ2n) is 3.86. The molecule has 3 N–H and O–H groups in total. The van der Waals surface area contributed by atoms with Gasteiger partial charge in [0.15, 0.2) is 4.67 Å². The Morgan fingerprint density at radius 3 is 2.62 bits per heavy atom. The van der Waals surface area contributed by atoms with Crippen molar-refractivity contribution < 1.29 is 9.21 Å². The van der Waals surface area contributed by atoms with E-state index in [9.17, 15) is 4.79 Å². The maximum atomic E-state index is 11.7. The van der Waals surface area contributed by atoms with Crippen molar-refractivity contribution in [3.05, 3.63) is 22.6 Å². The van der Waals surface area contributed by atoms with Crippen molar-refractivity contribution in [2.24, 2.45) is 5.73 Å². The van der Waals surface area contributed by atoms with Gasteiger partial charge in [-0.15, -0.1) is 0 Å². The first-order valence-electron chi connectivity index (χ1n) is 5.32. The summed E-state index contributed by atoms with van der Waals surface area (Å²) >= 11 is 3.16. The normalized spacial score (nSPS) is 11.5. The Morgan fingerprint density at radius 2 is 2.19 bits per heavy atom. The molecule has 0 bridgehead atoms. The van der Waals surface area contributed by atoms with Crippen molar-refractivity contribution in [1.29, 1.82) is 0 Å². The number of furan rings is 1. The molecule has 90 valence electrons. The van der Waals surface area contributed by atoms with Crippen LogP contribution in [0.1, 0.15) is 37.0 Å². The molecule has 0 spiro atoms. The lowest BCUT2D eigenvalue weighted by Gasteiger charge is -2.26. The van der Waals surface area contributed by atoms with E-state index in [4.69, 9.17) is 10.2 Å². The van der Waals surface area contributed by atoms with Crippen molar-refractivity contribution in [1.82, 2.24) is 5.32 Å². The van der Waals surface area contributed by atoms with Gasteiger partial charge in [0.25, 0.3) is 5.91 Å². The minimum absolute atomic E-state index is 0.169. The Morgan fingerprint density at radius 1 is 1.56 bits per heavy atom. The standard InChI is InChI=1S/C11H17BrN2O2/c1-3-11(13,4-2)7-14-10(15)8-5-6-16-9(8)12/h5-6H,3-4,7,13H2,1-2H3,(H,14,15). The van der Waals surface area contributed by atoms with E-state index in [1.54, 1.807) is 6.07 Å². The van der Waals surface area contributed by atoms with Crippen LogP contribution in [0.3, 0.4) is 0 Å². The highest BCUT2D eigenvalue weighted by Crippen LogP contribution is 2.17. The summed E-state index contributed by atoms with van der Waals surface area (Å²) in [6.45, 7) is 4.50. The summed E-state index contributed by atoms with van der Waals surface area (Å²) in [6.07, 6.45) is 3.13. The summed E-state index contributed by atoms with van der Waals surface area (Å²) in [5, 5.41) is 2.81. The average molecular weight is 289 g/mol. The Balaban J connectivity index is 2.57. The molecule has 0 fully saturated rings. The molecule has 0 aromatic carbocycles. The Labute approximate surface area is 104 Å². The molecule has 0 saturated carbocycles. The molecule has 16 heavy (non-hydrogen) atoms. The first-order chi connectivity index (χ1) is 7.52. The van der Waals surface area contributed by atoms with Crippen LogP contribution in [0.2, 0.25) is 0 Å². The van der Waals surface area contributed by atoms with Crippen molar-refractivity contribution in [3.63, 3.8) is 0 Å². The van der Waals surface area contributed by atoms with Crippen LogP contribution in [-0.2, 0) is 0 Å². The summed E-state index contributed by atoms with van der Waals surface area (Å²) in [4.78, 5) is 11.7. The molecule has 4 nitrogen and oxygen atoms in total. The van der Waals surface area contributed by atoms with E-state index in [0.29, 0.717) is 16.8 Å². The van der Waals surface area contributed by atoms with Gasteiger partial charge in [0.05, 0.1) is 11.8 Å². The van der Waals surface area contributed by atoms with Gasteiger partial charge in [0, 0.05) is 12.1 Å². The first kappa shape index (κ1) is 13.3. The molecule has 0 radical (unpaired) electrons. The SMILES string of the molecule is CCC(N)(CC)CNC(=O)c1ccoc1Br. The topological polar surface area (TPSA) is 68.3 Å². The third-order valence-electron chi connectivity index (χ3n) is 2.87. The largest absolute Gasteiger partial charge is 0.457 e. The van der Waals surface area contributed by atoms with E-state index in [0.717, 1.165) is 12.8 Å². The first-order valence-corrected chi connectivity index (χ1v) is 6.12. The van der Waals surface area contributed by atoms with Crippen LogP contribution in [0.4, 0.5) is 0 Å². The van der Waals surface area contributed by atoms with Crippen LogP contribution in [0.25, 0.3) is 0 Å². The van der Waals surface area contributed by atoms with E-state index in [2.05, 4.69) is 21.2 Å². The van der Waals surface area contributed by atoms with Crippen LogP contribution in [0.15, 0.2) is 21.4 Å². The van der Waals surface area contributed by atoms with Crippen LogP contribution >= 0.6 is 15.9 Å². The summed E-state index contributed by atoms with van der Waals surface area (Å²) in [5.74, 6) is -0.169. The van der Waals surface area contributed by atoms with Gasteiger partial charge in [-0.25, -0.2) is 0 Å². The number of hydrogen-bond donors (Lipinski definition) is 2. The van der Waals surface area contributed by atoms with Gasteiger partial charge in [-0.05, 0) is 34.8 Å². The molecule has 1 amide bonds. The van der Waals surface area contributed by atoms with Crippen LogP contribution in [0.5, 0.6) is 0 Å². The third-order valence-corrected chi connectivity index (χ3v) is 3.49. The van der Waals surface area contributed by atoms with Crippen molar-refractivity contribution in [2.75, 3.05) is 6.54 Å². The van der Waals surface area contributed by atoms with Crippen molar-refractivity contribution >= 4 is 21.8 Å². The summed E-state index contributed by atoms with van der Waals surface area (Å²) in [5.41, 5.74) is 6.25. The van der Waals surface area contributed by atoms with E-state index < -0.39 is 0 Å². The van der Waals surface area contributed by atoms with Gasteiger partial charge in [-0.2, -0.15) is 0 Å². The molecule has 5 heteroatoms. The summed E-state index contributed by atoms with van der Waals surface area (Å²) in [6, 6.07) is 1.62. The molecular weight excluding hydrogens is 272 g/mol. The zero-order valence-corrected chi connectivity index (χ0v) is 11.1. The Hall–Kier alpha value is -0.810. The second-order valence-corrected chi connectivity index (χ2v) is 4.58. The van der Waals surface area contributed by atoms with Crippen LogP contribution in [-0.4, -0.2) is 18.0 Å². The van der Waals surface area contributed by atoms with Gasteiger partial charge in [-0.3, -0.25) is 4.79 Å². The molecule has 0 unspecified atom stereocenters. The number of carbonyl (C=O) groups is 1. The molecular formula is C11H17BrN2O2. The number of halogens is 1. The summed E-state index contributed by atoms with van der Waals surface area (Å²) in [7, 11) is 0. The smallest absolute Gasteiger partial charge is 0.255 e. The minimum atomic E-state index is -0.328. The van der Waals surface area contributed by atoms with Gasteiger partial charge >= 0.3 is 0 Å². The lowest BCUT2D eigenvalue weighted by molar-refractivity contribution is 0.0940. The van der Waals surface area contributed by atoms with E-state index in [1.807, 2.05) is 13.8 Å². The fourth-order valence-corrected chi connectivity index (χ4v) is 1.73. The van der Waals surface area contributed by atoms with Gasteiger partial charge < -0.3 is 15.5 Å². The minimum Gasteiger partial charge on any atom is -0.457 e. The fourth-order valence-electron chi connectivity index (χ4n) is 1.31. The maximum Gasteiger partial charge on any atom is 0.255 e. The second kappa shape index (κ2) is 5.50. The summed E-state index contributed by atoms with van der Waals surface area (Å²) < 4.78 is 5.44. The molecule has 1 aromatic rings. The van der Waals surface area contributed by atoms with Gasteiger partial charge in [0.1, 0.15) is 0 Å². The maximum absolute atomic E-state index is 11.7. The predicted octanol–water partition coefficient (Wildman–Crippen LogP) is 2.29. The quantitative estimate of drug-likeness (QED) is 0.873. The highest BCUT2D eigenvalue weighted by molar-refractivity contribution is 9.10. The van der Waals surface area contributed by atoms with Crippen molar-refractivity contribution in [3.8, 4) is 0 Å². The number of carbonyl (C=O) groups excluding carboxylic acids is 1. The number of rotatable bonds is 5. The zero-order valence-electron chi connectivity index (χ0n) is 9.55. The molecule has 1 aromatic heterocycles. The number of nitrogens with two attached hydrogens (primary N) is 1. The highest BCUT2D eigenvalue weighted by atomic mass is 79.9. The Kier molecular flexibility index (Phi) is 4.56.